The molecular formula is C3H7I. The highest BCUT2D eigenvalue weighted by Gasteiger charge is 1.15. The van der Waals surface area contributed by atoms with Crippen molar-refractivity contribution in [3.05, 3.63) is 12.7 Å². The summed E-state index contributed by atoms with van der Waals surface area (Å²) < 4.78 is 0. The van der Waals surface area contributed by atoms with Crippen molar-refractivity contribution in [1.29, 1.82) is 0 Å². The number of allylic oxidation sites excluding steroid dienone is 1. The van der Waals surface area contributed by atoms with E-state index in [0.29, 0.717) is 0 Å². The highest BCUT2D eigenvalue weighted by molar-refractivity contribution is 14.0. The van der Waals surface area contributed by atoms with Gasteiger partial charge in [0.25, 0.3) is 0 Å². The number of rotatable bonds is 0. The normalized spacial score (nSPS) is 3.25. The summed E-state index contributed by atoms with van der Waals surface area (Å²) in [6.45, 7) is 5.25. The number of hydrogen-bond acceptors (Lipinski definition) is 0. The molecule has 0 amide bonds. The molecular weight excluding hydrogens is 163 g/mol. The molecule has 0 aliphatic carbocycles. The SMILES string of the molecule is C=CC.I. The predicted molar refractivity (Wildman–Crippen MR) is 31.3 cm³/mol. The molecule has 26 valence electrons. The van der Waals surface area contributed by atoms with Gasteiger partial charge in [-0.25, -0.2) is 0 Å². The third kappa shape index (κ3) is 24.2. The monoisotopic (exact) mass is 170 g/mol. The molecule has 0 rings (SSSR count). The molecule has 0 N–H and O–H groups in total. The molecule has 0 bridgehead atoms. The first kappa shape index (κ1) is 8.82. The second kappa shape index (κ2) is 9.80. The third-order valence-corrected chi connectivity index (χ3v) is 0. The Morgan fingerprint density at radius 1 is 1.75 bits per heavy atom. The van der Waals surface area contributed by atoms with Gasteiger partial charge in [-0.1, -0.05) is 6.08 Å². The van der Waals surface area contributed by atoms with Crippen LogP contribution in [0.2, 0.25) is 0 Å². The van der Waals surface area contributed by atoms with E-state index in [1.807, 2.05) is 6.92 Å². The van der Waals surface area contributed by atoms with Crippen molar-refractivity contribution in [2.45, 2.75) is 6.92 Å². The minimum atomic E-state index is 0. The van der Waals surface area contributed by atoms with Crippen LogP contribution in [0.3, 0.4) is 0 Å². The second-order valence-electron chi connectivity index (χ2n) is 0.408. The summed E-state index contributed by atoms with van der Waals surface area (Å²) in [7, 11) is 0. The van der Waals surface area contributed by atoms with Gasteiger partial charge in [-0.05, 0) is 6.92 Å². The first-order chi connectivity index (χ1) is 1.41. The number of hydrogen-bond donors (Lipinski definition) is 0. The van der Waals surface area contributed by atoms with Crippen molar-refractivity contribution in [3.63, 3.8) is 0 Å². The first-order valence-corrected chi connectivity index (χ1v) is 0.986. The Morgan fingerprint density at radius 3 is 1.75 bits per heavy atom. The predicted octanol–water partition coefficient (Wildman–Crippen LogP) is 1.81. The van der Waals surface area contributed by atoms with Crippen LogP contribution in [-0.2, 0) is 0 Å². The Balaban J connectivity index is 0. The lowest BCUT2D eigenvalue weighted by Gasteiger charge is -1.31. The van der Waals surface area contributed by atoms with E-state index < -0.39 is 0 Å². The summed E-state index contributed by atoms with van der Waals surface area (Å²) in [5.41, 5.74) is 0. The average molecular weight is 170 g/mol. The molecule has 4 heavy (non-hydrogen) atoms. The molecule has 0 aliphatic rings. The molecule has 0 radical (unpaired) electrons. The molecule has 0 saturated heterocycles. The van der Waals surface area contributed by atoms with Crippen molar-refractivity contribution >= 4 is 24.0 Å². The Morgan fingerprint density at radius 2 is 1.75 bits per heavy atom. The van der Waals surface area contributed by atoms with Gasteiger partial charge in [0.15, 0.2) is 0 Å². The standard InChI is InChI=1S/C3H6.HI/c1-3-2;/h3H,1H2,2H3;1H. The Labute approximate surface area is 43.9 Å². The zero-order valence-corrected chi connectivity index (χ0v) is 5.02. The summed E-state index contributed by atoms with van der Waals surface area (Å²) in [6.07, 6.45) is 1.75. The van der Waals surface area contributed by atoms with Crippen molar-refractivity contribution in [3.8, 4) is 0 Å². The molecule has 0 atom stereocenters. The zero-order valence-electron chi connectivity index (χ0n) is 2.69. The zero-order chi connectivity index (χ0) is 2.71. The van der Waals surface area contributed by atoms with E-state index in [1.54, 1.807) is 6.08 Å². The highest BCUT2D eigenvalue weighted by Crippen LogP contribution is 1.38. The van der Waals surface area contributed by atoms with Gasteiger partial charge in [-0.15, -0.1) is 30.6 Å². The molecule has 1 heteroatoms. The van der Waals surface area contributed by atoms with Crippen LogP contribution >= 0.6 is 24.0 Å². The average Bonchev–Trinajstić information content (AvgIpc) is 0.918. The third-order valence-electron chi connectivity index (χ3n) is 0. The van der Waals surface area contributed by atoms with Gasteiger partial charge < -0.3 is 0 Å². The minimum Gasteiger partial charge on any atom is -0.107 e. The van der Waals surface area contributed by atoms with E-state index in [-0.39, 0.29) is 24.0 Å². The van der Waals surface area contributed by atoms with Crippen LogP contribution in [-0.4, -0.2) is 0 Å². The Kier molecular flexibility index (Phi) is 21.6. The van der Waals surface area contributed by atoms with Crippen molar-refractivity contribution < 1.29 is 0 Å². The fourth-order valence-corrected chi connectivity index (χ4v) is 0. The lowest BCUT2D eigenvalue weighted by molar-refractivity contribution is 1.80. The van der Waals surface area contributed by atoms with Crippen molar-refractivity contribution in [2.24, 2.45) is 0 Å². The number of halogens is 1. The van der Waals surface area contributed by atoms with E-state index >= 15 is 0 Å². The molecule has 0 heterocycles. The molecule has 0 unspecified atom stereocenters. The van der Waals surface area contributed by atoms with E-state index in [9.17, 15) is 0 Å². The van der Waals surface area contributed by atoms with Crippen LogP contribution in [0.5, 0.6) is 0 Å². The van der Waals surface area contributed by atoms with Crippen LogP contribution in [0.25, 0.3) is 0 Å². The van der Waals surface area contributed by atoms with E-state index in [2.05, 4.69) is 6.58 Å². The molecule has 0 saturated carbocycles. The molecule has 0 aliphatic heterocycles. The minimum absolute atomic E-state index is 0. The molecule has 0 aromatic carbocycles. The lowest BCUT2D eigenvalue weighted by atomic mass is 10.8. The molecule has 0 spiro atoms. The summed E-state index contributed by atoms with van der Waals surface area (Å²) in [5.74, 6) is 0. The summed E-state index contributed by atoms with van der Waals surface area (Å²) in [6, 6.07) is 0. The fraction of sp³-hybridized carbons (Fsp3) is 0.333. The van der Waals surface area contributed by atoms with Crippen LogP contribution in [0, 0.1) is 0 Å². The maximum Gasteiger partial charge on any atom is -0.0473 e. The summed E-state index contributed by atoms with van der Waals surface area (Å²) in [4.78, 5) is 0. The van der Waals surface area contributed by atoms with Gasteiger partial charge in [0.2, 0.25) is 0 Å². The largest absolute Gasteiger partial charge is 0.107 e. The summed E-state index contributed by atoms with van der Waals surface area (Å²) >= 11 is 0. The van der Waals surface area contributed by atoms with Crippen LogP contribution in [0.15, 0.2) is 12.7 Å². The molecule has 0 aromatic heterocycles. The summed E-state index contributed by atoms with van der Waals surface area (Å²) in [5, 5.41) is 0. The molecule has 0 fully saturated rings. The maximum atomic E-state index is 3.36. The molecule has 0 aromatic rings. The molecule has 0 nitrogen and oxygen atoms in total. The van der Waals surface area contributed by atoms with Crippen LogP contribution in [0.1, 0.15) is 6.92 Å². The topological polar surface area (TPSA) is 0 Å². The van der Waals surface area contributed by atoms with Gasteiger partial charge in [0.1, 0.15) is 0 Å². The Bertz CT molecular complexity index is 10.8. The second-order valence-corrected chi connectivity index (χ2v) is 0.408. The smallest absolute Gasteiger partial charge is 0.0473 e. The van der Waals surface area contributed by atoms with Gasteiger partial charge in [0, 0.05) is 0 Å². The maximum absolute atomic E-state index is 3.36. The van der Waals surface area contributed by atoms with E-state index in [4.69, 9.17) is 0 Å². The van der Waals surface area contributed by atoms with Gasteiger partial charge >= 0.3 is 0 Å². The Hall–Kier alpha value is 0.470. The van der Waals surface area contributed by atoms with E-state index in [1.165, 1.54) is 0 Å². The van der Waals surface area contributed by atoms with E-state index in [0.717, 1.165) is 0 Å². The van der Waals surface area contributed by atoms with Crippen LogP contribution in [0.4, 0.5) is 0 Å². The van der Waals surface area contributed by atoms with Crippen molar-refractivity contribution in [1.82, 2.24) is 0 Å². The first-order valence-electron chi connectivity index (χ1n) is 0.986. The quantitative estimate of drug-likeness (QED) is 0.384. The fourth-order valence-electron chi connectivity index (χ4n) is 0. The van der Waals surface area contributed by atoms with Crippen LogP contribution < -0.4 is 0 Å². The lowest BCUT2D eigenvalue weighted by Crippen LogP contribution is -1.07. The highest BCUT2D eigenvalue weighted by atomic mass is 127. The van der Waals surface area contributed by atoms with Gasteiger partial charge in [0.05, 0.1) is 0 Å². The van der Waals surface area contributed by atoms with Gasteiger partial charge in [-0.3, -0.25) is 0 Å². The van der Waals surface area contributed by atoms with Gasteiger partial charge in [-0.2, -0.15) is 0 Å². The van der Waals surface area contributed by atoms with Crippen molar-refractivity contribution in [2.75, 3.05) is 0 Å².